The average molecular weight is 339 g/mol. The molecule has 0 aromatic heterocycles. The molecule has 0 saturated carbocycles. The quantitative estimate of drug-likeness (QED) is 0.717. The summed E-state index contributed by atoms with van der Waals surface area (Å²) in [5.41, 5.74) is 1.74. The van der Waals surface area contributed by atoms with Crippen LogP contribution in [0.1, 0.15) is 45.6 Å². The Morgan fingerprint density at radius 3 is 2.17 bits per heavy atom. The van der Waals surface area contributed by atoms with E-state index < -0.39 is 0 Å². The molecule has 5 heteroatoms. The first-order valence-electron chi connectivity index (χ1n) is 8.22. The number of halogens is 1. The van der Waals surface area contributed by atoms with Gasteiger partial charge in [0.05, 0.1) is 0 Å². The van der Waals surface area contributed by atoms with Crippen LogP contribution < -0.4 is 4.90 Å². The zero-order valence-corrected chi connectivity index (χ0v) is 15.3. The molecule has 0 radical (unpaired) electrons. The normalized spacial score (nSPS) is 10.5. The second kappa shape index (κ2) is 9.56. The molecule has 2 amide bonds. The van der Waals surface area contributed by atoms with Crippen molar-refractivity contribution in [3.63, 3.8) is 0 Å². The predicted octanol–water partition coefficient (Wildman–Crippen LogP) is 4.04. The number of carbonyl (C=O) groups is 2. The lowest BCUT2D eigenvalue weighted by Crippen LogP contribution is -2.37. The van der Waals surface area contributed by atoms with Gasteiger partial charge in [-0.2, -0.15) is 0 Å². The van der Waals surface area contributed by atoms with Crippen LogP contribution in [-0.2, 0) is 9.59 Å². The summed E-state index contributed by atoms with van der Waals surface area (Å²) in [5, 5.41) is 0.642. The van der Waals surface area contributed by atoms with E-state index >= 15 is 0 Å². The molecule has 0 unspecified atom stereocenters. The van der Waals surface area contributed by atoms with E-state index in [4.69, 9.17) is 11.6 Å². The molecule has 0 bridgehead atoms. The molecule has 23 heavy (non-hydrogen) atoms. The number of aryl methyl sites for hydroxylation is 1. The van der Waals surface area contributed by atoms with Crippen molar-refractivity contribution in [2.24, 2.45) is 0 Å². The van der Waals surface area contributed by atoms with Crippen LogP contribution in [-0.4, -0.2) is 36.3 Å². The maximum atomic E-state index is 12.4. The van der Waals surface area contributed by atoms with Crippen LogP contribution in [0.3, 0.4) is 0 Å². The first-order valence-corrected chi connectivity index (χ1v) is 8.60. The molecular weight excluding hydrogens is 312 g/mol. The molecule has 1 rings (SSSR count). The van der Waals surface area contributed by atoms with E-state index in [1.54, 1.807) is 11.0 Å². The van der Waals surface area contributed by atoms with Crippen LogP contribution in [0.5, 0.6) is 0 Å². The Morgan fingerprint density at radius 2 is 1.70 bits per heavy atom. The van der Waals surface area contributed by atoms with Gasteiger partial charge in [-0.25, -0.2) is 0 Å². The summed E-state index contributed by atoms with van der Waals surface area (Å²) in [6.07, 6.45) is 2.22. The van der Waals surface area contributed by atoms with Gasteiger partial charge in [0.15, 0.2) is 0 Å². The molecule has 0 saturated heterocycles. The van der Waals surface area contributed by atoms with Gasteiger partial charge in [-0.05, 0) is 43.5 Å². The number of amides is 2. The van der Waals surface area contributed by atoms with Gasteiger partial charge in [-0.3, -0.25) is 9.59 Å². The zero-order valence-electron chi connectivity index (χ0n) is 14.6. The third-order valence-corrected chi connectivity index (χ3v) is 3.95. The average Bonchev–Trinajstić information content (AvgIpc) is 2.48. The maximum absolute atomic E-state index is 12.4. The van der Waals surface area contributed by atoms with Crippen molar-refractivity contribution in [2.75, 3.05) is 24.5 Å². The highest BCUT2D eigenvalue weighted by molar-refractivity contribution is 6.30. The van der Waals surface area contributed by atoms with E-state index in [1.165, 1.54) is 6.92 Å². The number of anilines is 1. The van der Waals surface area contributed by atoms with Crippen molar-refractivity contribution in [1.82, 2.24) is 4.90 Å². The van der Waals surface area contributed by atoms with Crippen LogP contribution in [0.15, 0.2) is 18.2 Å². The van der Waals surface area contributed by atoms with Gasteiger partial charge >= 0.3 is 0 Å². The Balaban J connectivity index is 2.80. The highest BCUT2D eigenvalue weighted by atomic mass is 35.5. The van der Waals surface area contributed by atoms with E-state index in [2.05, 4.69) is 13.8 Å². The van der Waals surface area contributed by atoms with Crippen LogP contribution in [0, 0.1) is 6.92 Å². The topological polar surface area (TPSA) is 40.6 Å². The maximum Gasteiger partial charge on any atom is 0.224 e. The summed E-state index contributed by atoms with van der Waals surface area (Å²) in [6, 6.07) is 5.43. The van der Waals surface area contributed by atoms with Crippen molar-refractivity contribution < 1.29 is 9.59 Å². The summed E-state index contributed by atoms with van der Waals surface area (Å²) in [4.78, 5) is 27.9. The van der Waals surface area contributed by atoms with E-state index in [9.17, 15) is 9.59 Å². The highest BCUT2D eigenvalue weighted by Gasteiger charge is 2.18. The van der Waals surface area contributed by atoms with Crippen LogP contribution in [0.4, 0.5) is 5.69 Å². The third kappa shape index (κ3) is 5.87. The standard InChI is InChI=1S/C18H27ClN2O2/c1-5-10-20(11-6-2)18(23)9-12-21(15(4)22)17-8-7-16(19)13-14(17)3/h7-8,13H,5-6,9-12H2,1-4H3. The molecule has 0 aliphatic heterocycles. The summed E-state index contributed by atoms with van der Waals surface area (Å²) in [6.45, 7) is 9.50. The van der Waals surface area contributed by atoms with E-state index in [-0.39, 0.29) is 11.8 Å². The van der Waals surface area contributed by atoms with E-state index in [1.807, 2.05) is 24.0 Å². The first-order chi connectivity index (χ1) is 10.9. The number of carbonyl (C=O) groups excluding carboxylic acids is 2. The minimum absolute atomic E-state index is 0.0687. The predicted molar refractivity (Wildman–Crippen MR) is 96.0 cm³/mol. The Kier molecular flexibility index (Phi) is 8.10. The molecule has 0 N–H and O–H groups in total. The lowest BCUT2D eigenvalue weighted by molar-refractivity contribution is -0.131. The van der Waals surface area contributed by atoms with Crippen molar-refractivity contribution in [1.29, 1.82) is 0 Å². The van der Waals surface area contributed by atoms with Crippen molar-refractivity contribution >= 4 is 29.1 Å². The minimum Gasteiger partial charge on any atom is -0.343 e. The smallest absolute Gasteiger partial charge is 0.224 e. The molecule has 0 spiro atoms. The largest absolute Gasteiger partial charge is 0.343 e. The molecule has 0 atom stereocenters. The van der Waals surface area contributed by atoms with Crippen LogP contribution in [0.2, 0.25) is 5.02 Å². The van der Waals surface area contributed by atoms with Crippen molar-refractivity contribution in [3.05, 3.63) is 28.8 Å². The zero-order chi connectivity index (χ0) is 17.4. The number of nitrogens with zero attached hydrogens (tertiary/aromatic N) is 2. The molecule has 0 aliphatic rings. The molecule has 1 aromatic rings. The van der Waals surface area contributed by atoms with Crippen LogP contribution >= 0.6 is 11.6 Å². The Morgan fingerprint density at radius 1 is 1.09 bits per heavy atom. The molecular formula is C18H27ClN2O2. The third-order valence-electron chi connectivity index (χ3n) is 3.72. The van der Waals surface area contributed by atoms with Gasteiger partial charge in [-0.15, -0.1) is 0 Å². The van der Waals surface area contributed by atoms with E-state index in [0.717, 1.165) is 37.2 Å². The Labute approximate surface area is 144 Å². The number of rotatable bonds is 8. The van der Waals surface area contributed by atoms with Crippen LogP contribution in [0.25, 0.3) is 0 Å². The fourth-order valence-electron chi connectivity index (χ4n) is 2.64. The molecule has 128 valence electrons. The van der Waals surface area contributed by atoms with E-state index in [0.29, 0.717) is 18.0 Å². The molecule has 0 heterocycles. The Hall–Kier alpha value is -1.55. The van der Waals surface area contributed by atoms with Crippen molar-refractivity contribution in [2.45, 2.75) is 47.0 Å². The van der Waals surface area contributed by atoms with Gasteiger partial charge in [0.25, 0.3) is 0 Å². The summed E-state index contributed by atoms with van der Waals surface area (Å²) >= 11 is 5.98. The van der Waals surface area contributed by atoms with Gasteiger partial charge in [0, 0.05) is 43.7 Å². The first kappa shape index (κ1) is 19.5. The molecule has 0 fully saturated rings. The molecule has 0 aliphatic carbocycles. The van der Waals surface area contributed by atoms with Gasteiger partial charge < -0.3 is 9.80 Å². The highest BCUT2D eigenvalue weighted by Crippen LogP contribution is 2.24. The molecule has 4 nitrogen and oxygen atoms in total. The fraction of sp³-hybridized carbons (Fsp3) is 0.556. The van der Waals surface area contributed by atoms with Gasteiger partial charge in [0.2, 0.25) is 11.8 Å². The SMILES string of the molecule is CCCN(CCC)C(=O)CCN(C(C)=O)c1ccc(Cl)cc1C. The number of benzene rings is 1. The second-order valence-electron chi connectivity index (χ2n) is 5.73. The lowest BCUT2D eigenvalue weighted by atomic mass is 10.1. The van der Waals surface area contributed by atoms with Gasteiger partial charge in [0.1, 0.15) is 0 Å². The molecule has 1 aromatic carbocycles. The monoisotopic (exact) mass is 338 g/mol. The summed E-state index contributed by atoms with van der Waals surface area (Å²) in [7, 11) is 0. The Bertz CT molecular complexity index is 540. The number of hydrogen-bond acceptors (Lipinski definition) is 2. The number of hydrogen-bond donors (Lipinski definition) is 0. The second-order valence-corrected chi connectivity index (χ2v) is 6.17. The fourth-order valence-corrected chi connectivity index (χ4v) is 2.86. The van der Waals surface area contributed by atoms with Gasteiger partial charge in [-0.1, -0.05) is 25.4 Å². The minimum atomic E-state index is -0.0687. The van der Waals surface area contributed by atoms with Crippen molar-refractivity contribution in [3.8, 4) is 0 Å². The lowest BCUT2D eigenvalue weighted by Gasteiger charge is -2.26. The summed E-state index contributed by atoms with van der Waals surface area (Å²) in [5.74, 6) is 0.0346. The summed E-state index contributed by atoms with van der Waals surface area (Å²) < 4.78 is 0.